The normalized spacial score (nSPS) is 44.4. The molecule has 4 fully saturated rings. The zero-order chi connectivity index (χ0) is 19.8. The summed E-state index contributed by atoms with van der Waals surface area (Å²) in [5, 5.41) is 22.3. The molecule has 1 saturated carbocycles. The number of para-hydroxylation sites is 1. The number of benzene rings is 1. The van der Waals surface area contributed by atoms with Gasteiger partial charge in [-0.2, -0.15) is 0 Å². The lowest BCUT2D eigenvalue weighted by Crippen LogP contribution is -2.63. The summed E-state index contributed by atoms with van der Waals surface area (Å²) in [5.41, 5.74) is 1.72. The second-order valence-electron chi connectivity index (χ2n) is 8.72. The van der Waals surface area contributed by atoms with E-state index in [9.17, 15) is 15.0 Å². The second kappa shape index (κ2) is 5.81. The maximum Gasteiger partial charge on any atom is 0.315 e. The van der Waals surface area contributed by atoms with E-state index >= 15 is 0 Å². The molecular formula is C22H28N2O4. The number of likely N-dealkylation sites (N-methyl/N-ethyl adjacent to an activating group) is 1. The van der Waals surface area contributed by atoms with Gasteiger partial charge in [0.15, 0.2) is 0 Å². The van der Waals surface area contributed by atoms with Crippen molar-refractivity contribution < 1.29 is 19.7 Å². The Morgan fingerprint density at radius 3 is 2.82 bits per heavy atom. The number of allylic oxidation sites excluding steroid dienone is 1. The lowest BCUT2D eigenvalue weighted by atomic mass is 9.61. The number of carbonyl (C=O) groups is 1. The van der Waals surface area contributed by atoms with Crippen molar-refractivity contribution in [1.29, 1.82) is 0 Å². The number of methoxy groups -OCH3 is 1. The van der Waals surface area contributed by atoms with E-state index in [-0.39, 0.29) is 30.3 Å². The number of aliphatic hydroxyl groups excluding tert-OH is 2. The Bertz CT molecular complexity index is 870. The van der Waals surface area contributed by atoms with Gasteiger partial charge in [0.1, 0.15) is 11.1 Å². The molecular weight excluding hydrogens is 356 g/mol. The van der Waals surface area contributed by atoms with E-state index in [1.807, 2.05) is 19.1 Å². The minimum Gasteiger partial charge on any atom is -0.468 e. The topological polar surface area (TPSA) is 73.2 Å². The summed E-state index contributed by atoms with van der Waals surface area (Å²) in [7, 11) is 3.46. The molecule has 4 aliphatic heterocycles. The number of hydrogen-bond donors (Lipinski definition) is 2. The summed E-state index contributed by atoms with van der Waals surface area (Å²) in [6, 6.07) is 8.23. The molecule has 0 radical (unpaired) electrons. The first kappa shape index (κ1) is 18.2. The molecule has 4 bridgehead atoms. The molecule has 1 aliphatic carbocycles. The molecule has 0 amide bonds. The molecule has 1 spiro atoms. The molecule has 150 valence electrons. The number of fused-ring (bicyclic) bond motifs is 3. The first-order valence-corrected chi connectivity index (χ1v) is 10.1. The molecule has 0 aromatic heterocycles. The van der Waals surface area contributed by atoms with Gasteiger partial charge in [-0.05, 0) is 25.0 Å². The maximum atomic E-state index is 13.3. The Morgan fingerprint density at radius 1 is 1.39 bits per heavy atom. The fourth-order valence-electron chi connectivity index (χ4n) is 7.14. The average molecular weight is 384 g/mol. The van der Waals surface area contributed by atoms with Crippen LogP contribution in [0.3, 0.4) is 0 Å². The number of anilines is 1. The van der Waals surface area contributed by atoms with Crippen molar-refractivity contribution in [2.24, 2.45) is 17.3 Å². The van der Waals surface area contributed by atoms with Crippen LogP contribution >= 0.6 is 0 Å². The van der Waals surface area contributed by atoms with Crippen LogP contribution in [0.4, 0.5) is 5.69 Å². The Balaban J connectivity index is 1.84. The number of aliphatic hydroxyl groups is 2. The highest BCUT2D eigenvalue weighted by Gasteiger charge is 2.75. The smallest absolute Gasteiger partial charge is 0.315 e. The molecule has 5 aliphatic rings. The van der Waals surface area contributed by atoms with E-state index in [1.165, 1.54) is 7.11 Å². The van der Waals surface area contributed by atoms with Gasteiger partial charge in [0.05, 0.1) is 19.8 Å². The van der Waals surface area contributed by atoms with Crippen molar-refractivity contribution in [3.05, 3.63) is 41.5 Å². The van der Waals surface area contributed by atoms with Crippen LogP contribution in [0.15, 0.2) is 35.9 Å². The molecule has 6 heteroatoms. The van der Waals surface area contributed by atoms with Gasteiger partial charge < -0.3 is 19.8 Å². The standard InChI is InChI=1S/C22H28N2O4/c1-4-13-10-24-11-16-19-14-7-5-6-8-17(14)23(2)22(19,24)18(26)9-15(13)21(16,12-25)20(27)28-3/h4-8,15-16,18-19,25-26H,9-12H2,1-3H3/b13-4-/t15-,16-,18?,19?,21?,22?/m0/s1. The van der Waals surface area contributed by atoms with Gasteiger partial charge in [-0.25, -0.2) is 0 Å². The lowest BCUT2D eigenvalue weighted by Gasteiger charge is -2.47. The van der Waals surface area contributed by atoms with Crippen molar-refractivity contribution in [2.75, 3.05) is 38.8 Å². The molecule has 3 saturated heterocycles. The van der Waals surface area contributed by atoms with E-state index in [0.29, 0.717) is 19.5 Å². The van der Waals surface area contributed by atoms with Gasteiger partial charge in [-0.1, -0.05) is 29.8 Å². The van der Waals surface area contributed by atoms with Gasteiger partial charge in [-0.3, -0.25) is 9.69 Å². The van der Waals surface area contributed by atoms with Crippen LogP contribution in [0.5, 0.6) is 0 Å². The van der Waals surface area contributed by atoms with Crippen molar-refractivity contribution in [1.82, 2.24) is 4.90 Å². The Hall–Kier alpha value is -1.89. The van der Waals surface area contributed by atoms with E-state index in [2.05, 4.69) is 35.1 Å². The molecule has 5 unspecified atom stereocenters. The Morgan fingerprint density at radius 2 is 2.14 bits per heavy atom. The van der Waals surface area contributed by atoms with Crippen molar-refractivity contribution in [2.45, 2.75) is 31.0 Å². The van der Waals surface area contributed by atoms with Crippen LogP contribution in [0, 0.1) is 17.3 Å². The molecule has 1 aromatic rings. The van der Waals surface area contributed by atoms with Crippen molar-refractivity contribution >= 4 is 11.7 Å². The third-order valence-corrected chi connectivity index (χ3v) is 8.21. The third kappa shape index (κ3) is 1.74. The Labute approximate surface area is 165 Å². The molecule has 1 aromatic carbocycles. The number of carbonyl (C=O) groups excluding carboxylic acids is 1. The van der Waals surface area contributed by atoms with Crippen LogP contribution in [0.1, 0.15) is 24.8 Å². The van der Waals surface area contributed by atoms with Gasteiger partial charge in [0.2, 0.25) is 0 Å². The number of nitrogens with zero attached hydrogens (tertiary/aromatic N) is 2. The minimum atomic E-state index is -1.05. The summed E-state index contributed by atoms with van der Waals surface area (Å²) in [6.45, 7) is 3.06. The minimum absolute atomic E-state index is 0.0571. The fourth-order valence-corrected chi connectivity index (χ4v) is 7.14. The monoisotopic (exact) mass is 384 g/mol. The molecule has 6 nitrogen and oxygen atoms in total. The van der Waals surface area contributed by atoms with Crippen molar-refractivity contribution in [3.63, 3.8) is 0 Å². The quantitative estimate of drug-likeness (QED) is 0.592. The summed E-state index contributed by atoms with van der Waals surface area (Å²) < 4.78 is 5.29. The zero-order valence-electron chi connectivity index (χ0n) is 16.6. The summed E-state index contributed by atoms with van der Waals surface area (Å²) in [5.74, 6) is -0.775. The van der Waals surface area contributed by atoms with Crippen LogP contribution in [0.25, 0.3) is 0 Å². The third-order valence-electron chi connectivity index (χ3n) is 8.21. The number of esters is 1. The fraction of sp³-hybridized carbons (Fsp3) is 0.591. The number of ether oxygens (including phenoxy) is 1. The van der Waals surface area contributed by atoms with E-state index in [4.69, 9.17) is 4.74 Å². The van der Waals surface area contributed by atoms with Crippen molar-refractivity contribution in [3.8, 4) is 0 Å². The second-order valence-corrected chi connectivity index (χ2v) is 8.72. The average Bonchev–Trinajstić information content (AvgIpc) is 3.04. The zero-order valence-corrected chi connectivity index (χ0v) is 16.6. The highest BCUT2D eigenvalue weighted by molar-refractivity contribution is 5.80. The highest BCUT2D eigenvalue weighted by atomic mass is 16.5. The van der Waals surface area contributed by atoms with E-state index < -0.39 is 17.2 Å². The summed E-state index contributed by atoms with van der Waals surface area (Å²) in [4.78, 5) is 17.8. The number of hydrogen-bond acceptors (Lipinski definition) is 6. The first-order valence-electron chi connectivity index (χ1n) is 10.1. The Kier molecular flexibility index (Phi) is 3.77. The molecule has 28 heavy (non-hydrogen) atoms. The SMILES string of the molecule is C/C=C1/CN2C[C@H]3C4c5ccccc5N(C)C42C(O)C[C@@H]1C3(CO)C(=O)OC. The van der Waals surface area contributed by atoms with Crippen LogP contribution in [0.2, 0.25) is 0 Å². The van der Waals surface area contributed by atoms with E-state index in [1.54, 1.807) is 0 Å². The van der Waals surface area contributed by atoms with Gasteiger partial charge in [0, 0.05) is 43.6 Å². The van der Waals surface area contributed by atoms with Gasteiger partial charge >= 0.3 is 5.97 Å². The largest absolute Gasteiger partial charge is 0.468 e. The maximum absolute atomic E-state index is 13.3. The van der Waals surface area contributed by atoms with Crippen LogP contribution < -0.4 is 4.90 Å². The lowest BCUT2D eigenvalue weighted by molar-refractivity contribution is -0.164. The molecule has 4 heterocycles. The predicted octanol–water partition coefficient (Wildman–Crippen LogP) is 1.34. The van der Waals surface area contributed by atoms with Crippen LogP contribution in [-0.4, -0.2) is 66.7 Å². The first-order chi connectivity index (χ1) is 13.5. The summed E-state index contributed by atoms with van der Waals surface area (Å²) in [6.07, 6.45) is 1.86. The molecule has 6 rings (SSSR count). The van der Waals surface area contributed by atoms with E-state index in [0.717, 1.165) is 16.8 Å². The van der Waals surface area contributed by atoms with Gasteiger partial charge in [-0.15, -0.1) is 0 Å². The number of rotatable bonds is 2. The summed E-state index contributed by atoms with van der Waals surface area (Å²) >= 11 is 0. The molecule has 7 atom stereocenters. The van der Waals surface area contributed by atoms with Crippen LogP contribution in [-0.2, 0) is 9.53 Å². The highest BCUT2D eigenvalue weighted by Crippen LogP contribution is 2.68. The van der Waals surface area contributed by atoms with Gasteiger partial charge in [0.25, 0.3) is 0 Å². The predicted molar refractivity (Wildman–Crippen MR) is 105 cm³/mol. The molecule has 2 N–H and O–H groups in total.